The lowest BCUT2D eigenvalue weighted by atomic mass is 9.97. The lowest BCUT2D eigenvalue weighted by Crippen LogP contribution is -2.42. The molecule has 3 aliphatic rings. The average molecular weight is 415 g/mol. The van der Waals surface area contributed by atoms with Gasteiger partial charge in [-0.2, -0.15) is 0 Å². The molecule has 5 rings (SSSR count). The first-order valence-corrected chi connectivity index (χ1v) is 11.5. The molecule has 7 heteroatoms. The number of sulfonamides is 1. The van der Waals surface area contributed by atoms with Crippen molar-refractivity contribution >= 4 is 27.3 Å². The molecular weight excluding hydrogens is 391 g/mol. The number of aryl methyl sites for hydroxylation is 2. The van der Waals surface area contributed by atoms with Crippen LogP contribution in [0.2, 0.25) is 0 Å². The molecule has 0 radical (unpaired) electrons. The third-order valence-corrected chi connectivity index (χ3v) is 8.37. The molecule has 2 aromatic rings. The van der Waals surface area contributed by atoms with Gasteiger partial charge in [-0.05, 0) is 86.6 Å². The third kappa shape index (κ3) is 2.63. The van der Waals surface area contributed by atoms with Gasteiger partial charge in [0.25, 0.3) is 10.0 Å². The smallest absolute Gasteiger partial charge is 0.264 e. The summed E-state index contributed by atoms with van der Waals surface area (Å²) >= 11 is 0. The number of benzene rings is 2. The minimum atomic E-state index is -3.84. The van der Waals surface area contributed by atoms with Crippen molar-refractivity contribution in [2.24, 2.45) is 0 Å². The van der Waals surface area contributed by atoms with Crippen molar-refractivity contribution in [1.29, 1.82) is 0 Å². The van der Waals surface area contributed by atoms with E-state index in [1.54, 1.807) is 23.1 Å². The molecule has 29 heavy (non-hydrogen) atoms. The summed E-state index contributed by atoms with van der Waals surface area (Å²) in [6, 6.07) is 7.48. The van der Waals surface area contributed by atoms with Gasteiger partial charge in [-0.25, -0.2) is 12.8 Å². The second-order valence-corrected chi connectivity index (χ2v) is 10.1. The number of carbonyl (C=O) groups is 1. The van der Waals surface area contributed by atoms with Gasteiger partial charge in [0.1, 0.15) is 5.82 Å². The molecule has 2 atom stereocenters. The van der Waals surface area contributed by atoms with Crippen molar-refractivity contribution in [2.45, 2.75) is 56.4 Å². The van der Waals surface area contributed by atoms with Crippen LogP contribution in [0.25, 0.3) is 0 Å². The van der Waals surface area contributed by atoms with Gasteiger partial charge in [-0.1, -0.05) is 0 Å². The largest absolute Gasteiger partial charge is 0.311 e. The van der Waals surface area contributed by atoms with Gasteiger partial charge < -0.3 is 4.90 Å². The van der Waals surface area contributed by atoms with Crippen LogP contribution in [0.5, 0.6) is 0 Å². The molecule has 0 N–H and O–H groups in total. The Labute approximate surface area is 170 Å². The standard InChI is InChI=1S/C22H23FN2O3S/c1-13-5-6-15-10-17(23)7-8-20(15)25(13)29(27,28)18-11-16-4-3-9-24-21(16)19(12-18)14(2)22(24)26/h7-8,10-14H,3-6,9H2,1-2H3/t13-,14-/m0/s1. The summed E-state index contributed by atoms with van der Waals surface area (Å²) in [6.45, 7) is 4.42. The summed E-state index contributed by atoms with van der Waals surface area (Å²) in [5, 5.41) is 0. The molecule has 0 saturated heterocycles. The highest BCUT2D eigenvalue weighted by atomic mass is 32.2. The molecule has 0 saturated carbocycles. The summed E-state index contributed by atoms with van der Waals surface area (Å²) < 4.78 is 42.6. The highest BCUT2D eigenvalue weighted by Gasteiger charge is 2.41. The Bertz CT molecular complexity index is 1140. The normalized spacial score (nSPS) is 23.2. The fraction of sp³-hybridized carbons (Fsp3) is 0.409. The van der Waals surface area contributed by atoms with E-state index < -0.39 is 10.0 Å². The number of amides is 1. The van der Waals surface area contributed by atoms with Crippen LogP contribution in [0, 0.1) is 5.82 Å². The van der Waals surface area contributed by atoms with Crippen molar-refractivity contribution in [3.8, 4) is 0 Å². The van der Waals surface area contributed by atoms with E-state index in [9.17, 15) is 17.6 Å². The Morgan fingerprint density at radius 1 is 1.07 bits per heavy atom. The molecule has 0 unspecified atom stereocenters. The number of rotatable bonds is 2. The SMILES string of the molecule is C[C@@H]1C(=O)N2CCCc3cc(S(=O)(=O)N4c5ccc(F)cc5CC[C@@H]4C)cc1c32. The van der Waals surface area contributed by atoms with Gasteiger partial charge >= 0.3 is 0 Å². The van der Waals surface area contributed by atoms with Crippen LogP contribution in [0.1, 0.15) is 49.3 Å². The topological polar surface area (TPSA) is 57.7 Å². The van der Waals surface area contributed by atoms with Gasteiger partial charge in [0.2, 0.25) is 5.91 Å². The maximum absolute atomic E-state index is 13.7. The fourth-order valence-electron chi connectivity index (χ4n) is 4.98. The van der Waals surface area contributed by atoms with E-state index in [1.807, 2.05) is 13.8 Å². The van der Waals surface area contributed by atoms with Crippen molar-refractivity contribution in [3.05, 3.63) is 52.8 Å². The van der Waals surface area contributed by atoms with Gasteiger partial charge in [-0.3, -0.25) is 9.10 Å². The zero-order valence-electron chi connectivity index (χ0n) is 16.5. The minimum absolute atomic E-state index is 0.0441. The van der Waals surface area contributed by atoms with Gasteiger partial charge in [0, 0.05) is 12.6 Å². The van der Waals surface area contributed by atoms with Crippen LogP contribution >= 0.6 is 0 Å². The van der Waals surface area contributed by atoms with Crippen molar-refractivity contribution in [1.82, 2.24) is 0 Å². The Kier molecular flexibility index (Phi) is 4.04. The first kappa shape index (κ1) is 18.6. The lowest BCUT2D eigenvalue weighted by Gasteiger charge is -2.36. The molecule has 0 spiro atoms. The zero-order chi connectivity index (χ0) is 20.5. The van der Waals surface area contributed by atoms with E-state index in [-0.39, 0.29) is 28.6 Å². The summed E-state index contributed by atoms with van der Waals surface area (Å²) in [6.07, 6.45) is 2.88. The maximum atomic E-state index is 13.7. The van der Waals surface area contributed by atoms with Gasteiger partial charge in [0.15, 0.2) is 0 Å². The molecule has 1 amide bonds. The number of carbonyl (C=O) groups excluding carboxylic acids is 1. The summed E-state index contributed by atoms with van der Waals surface area (Å²) in [7, 11) is -3.84. The van der Waals surface area contributed by atoms with E-state index in [4.69, 9.17) is 0 Å². The molecule has 0 fully saturated rings. The Hall–Kier alpha value is -2.41. The van der Waals surface area contributed by atoms with Crippen LogP contribution in [-0.4, -0.2) is 26.9 Å². The molecule has 2 aromatic carbocycles. The average Bonchev–Trinajstić information content (AvgIpc) is 2.94. The zero-order valence-corrected chi connectivity index (χ0v) is 17.3. The van der Waals surface area contributed by atoms with E-state index >= 15 is 0 Å². The van der Waals surface area contributed by atoms with E-state index in [0.29, 0.717) is 30.6 Å². The molecule has 152 valence electrons. The minimum Gasteiger partial charge on any atom is -0.311 e. The van der Waals surface area contributed by atoms with E-state index in [0.717, 1.165) is 29.7 Å². The first-order chi connectivity index (χ1) is 13.8. The predicted octanol–water partition coefficient (Wildman–Crippen LogP) is 3.75. The number of anilines is 2. The molecule has 5 nitrogen and oxygen atoms in total. The van der Waals surface area contributed by atoms with E-state index in [1.165, 1.54) is 16.4 Å². The fourth-order valence-corrected chi connectivity index (χ4v) is 6.79. The van der Waals surface area contributed by atoms with Crippen LogP contribution in [0.3, 0.4) is 0 Å². The lowest BCUT2D eigenvalue weighted by molar-refractivity contribution is -0.119. The Morgan fingerprint density at radius 2 is 1.86 bits per heavy atom. The summed E-state index contributed by atoms with van der Waals surface area (Å²) in [4.78, 5) is 14.6. The second-order valence-electron chi connectivity index (χ2n) is 8.30. The van der Waals surface area contributed by atoms with Crippen LogP contribution in [0.4, 0.5) is 15.8 Å². The maximum Gasteiger partial charge on any atom is 0.264 e. The Balaban J connectivity index is 1.67. The third-order valence-electron chi connectivity index (χ3n) is 6.46. The highest BCUT2D eigenvalue weighted by Crippen LogP contribution is 2.45. The number of nitrogens with zero attached hydrogens (tertiary/aromatic N) is 2. The van der Waals surface area contributed by atoms with Crippen molar-refractivity contribution in [3.63, 3.8) is 0 Å². The van der Waals surface area contributed by atoms with E-state index in [2.05, 4.69) is 0 Å². The van der Waals surface area contributed by atoms with Crippen LogP contribution in [-0.2, 0) is 27.7 Å². The first-order valence-electron chi connectivity index (χ1n) is 10.1. The number of hydrogen-bond donors (Lipinski definition) is 0. The number of halogens is 1. The molecular formula is C22H23FN2O3S. The summed E-state index contributed by atoms with van der Waals surface area (Å²) in [5.41, 5.74) is 3.89. The molecule has 3 aliphatic heterocycles. The molecule has 0 bridgehead atoms. The monoisotopic (exact) mass is 414 g/mol. The van der Waals surface area contributed by atoms with Gasteiger partial charge in [-0.15, -0.1) is 0 Å². The predicted molar refractivity (Wildman–Crippen MR) is 109 cm³/mol. The quantitative estimate of drug-likeness (QED) is 0.752. The number of hydrogen-bond acceptors (Lipinski definition) is 3. The van der Waals surface area contributed by atoms with Crippen LogP contribution < -0.4 is 9.21 Å². The summed E-state index contributed by atoms with van der Waals surface area (Å²) in [5.74, 6) is -0.648. The van der Waals surface area contributed by atoms with Gasteiger partial charge in [0.05, 0.1) is 22.2 Å². The highest BCUT2D eigenvalue weighted by molar-refractivity contribution is 7.92. The van der Waals surface area contributed by atoms with Crippen molar-refractivity contribution in [2.75, 3.05) is 15.7 Å². The molecule has 0 aromatic heterocycles. The molecule has 0 aliphatic carbocycles. The molecule has 3 heterocycles. The van der Waals surface area contributed by atoms with Crippen molar-refractivity contribution < 1.29 is 17.6 Å². The second kappa shape index (κ2) is 6.29. The van der Waals surface area contributed by atoms with Crippen LogP contribution in [0.15, 0.2) is 35.2 Å². The number of fused-ring (bicyclic) bond motifs is 1. The Morgan fingerprint density at radius 3 is 2.66 bits per heavy atom.